The first-order valence-corrected chi connectivity index (χ1v) is 5.36. The molecule has 2 rings (SSSR count). The normalized spacial score (nSPS) is 10.8. The Morgan fingerprint density at radius 3 is 2.12 bits per heavy atom. The van der Waals surface area contributed by atoms with Gasteiger partial charge in [-0.25, -0.2) is 4.98 Å². The molecule has 3 nitrogen and oxygen atoms in total. The van der Waals surface area contributed by atoms with Crippen molar-refractivity contribution in [3.8, 4) is 11.3 Å². The van der Waals surface area contributed by atoms with Crippen molar-refractivity contribution in [2.24, 2.45) is 7.05 Å². The lowest BCUT2D eigenvalue weighted by Gasteiger charge is -2.12. The molecular weight excluding hydrogens is 198 g/mol. The van der Waals surface area contributed by atoms with Crippen LogP contribution in [0.4, 0.5) is 5.95 Å². The van der Waals surface area contributed by atoms with Crippen LogP contribution < -0.4 is 5.73 Å². The molecule has 2 aromatic rings. The van der Waals surface area contributed by atoms with E-state index >= 15 is 0 Å². The summed E-state index contributed by atoms with van der Waals surface area (Å²) in [5.74, 6) is 0.550. The standard InChI is InChI=1S/C13H17N3/c1-8-5-9(2)12(10(3)6-8)11-7-15-13(14)16(11)4/h5-7H,1-4H3,(H2,14,15). The SMILES string of the molecule is Cc1cc(C)c(-c2cnc(N)n2C)c(C)c1. The van der Waals surface area contributed by atoms with Gasteiger partial charge in [0.15, 0.2) is 5.95 Å². The smallest absolute Gasteiger partial charge is 0.200 e. The van der Waals surface area contributed by atoms with Crippen molar-refractivity contribution in [1.82, 2.24) is 9.55 Å². The molecule has 0 saturated heterocycles. The molecule has 84 valence electrons. The van der Waals surface area contributed by atoms with Gasteiger partial charge in [0.05, 0.1) is 11.9 Å². The third-order valence-corrected chi connectivity index (χ3v) is 2.96. The molecule has 1 aromatic carbocycles. The number of nitrogens with two attached hydrogens (primary N) is 1. The van der Waals surface area contributed by atoms with Crippen molar-refractivity contribution in [2.45, 2.75) is 20.8 Å². The third kappa shape index (κ3) is 1.58. The summed E-state index contributed by atoms with van der Waals surface area (Å²) in [6, 6.07) is 4.37. The van der Waals surface area contributed by atoms with Gasteiger partial charge in [0.25, 0.3) is 0 Å². The van der Waals surface area contributed by atoms with Gasteiger partial charge in [-0.05, 0) is 31.9 Å². The molecule has 0 unspecified atom stereocenters. The number of anilines is 1. The largest absolute Gasteiger partial charge is 0.369 e. The molecule has 3 heteroatoms. The molecule has 0 atom stereocenters. The molecule has 0 amide bonds. The minimum absolute atomic E-state index is 0.550. The van der Waals surface area contributed by atoms with Gasteiger partial charge >= 0.3 is 0 Å². The Morgan fingerprint density at radius 1 is 1.12 bits per heavy atom. The maximum Gasteiger partial charge on any atom is 0.200 e. The quantitative estimate of drug-likeness (QED) is 0.794. The third-order valence-electron chi connectivity index (χ3n) is 2.96. The first-order chi connectivity index (χ1) is 7.50. The Hall–Kier alpha value is -1.77. The molecule has 0 saturated carbocycles. The monoisotopic (exact) mass is 215 g/mol. The van der Waals surface area contributed by atoms with Gasteiger partial charge in [0, 0.05) is 12.6 Å². The van der Waals surface area contributed by atoms with Crippen molar-refractivity contribution in [3.05, 3.63) is 35.0 Å². The van der Waals surface area contributed by atoms with E-state index in [1.807, 2.05) is 17.8 Å². The molecule has 0 bridgehead atoms. The van der Waals surface area contributed by atoms with Gasteiger partial charge in [-0.2, -0.15) is 0 Å². The van der Waals surface area contributed by atoms with E-state index < -0.39 is 0 Å². The fourth-order valence-corrected chi connectivity index (χ4v) is 2.24. The predicted molar refractivity (Wildman–Crippen MR) is 67.3 cm³/mol. The van der Waals surface area contributed by atoms with E-state index in [-0.39, 0.29) is 0 Å². The minimum atomic E-state index is 0.550. The minimum Gasteiger partial charge on any atom is -0.369 e. The van der Waals surface area contributed by atoms with E-state index in [0.29, 0.717) is 5.95 Å². The summed E-state index contributed by atoms with van der Waals surface area (Å²) in [5.41, 5.74) is 11.9. The number of nitrogens with zero attached hydrogens (tertiary/aromatic N) is 2. The van der Waals surface area contributed by atoms with Crippen molar-refractivity contribution in [1.29, 1.82) is 0 Å². The zero-order chi connectivity index (χ0) is 11.9. The summed E-state index contributed by atoms with van der Waals surface area (Å²) < 4.78 is 1.92. The molecule has 16 heavy (non-hydrogen) atoms. The fourth-order valence-electron chi connectivity index (χ4n) is 2.24. The fraction of sp³-hybridized carbons (Fsp3) is 0.308. The van der Waals surface area contributed by atoms with E-state index in [1.54, 1.807) is 0 Å². The highest BCUT2D eigenvalue weighted by Crippen LogP contribution is 2.28. The second-order valence-electron chi connectivity index (χ2n) is 4.33. The number of rotatable bonds is 1. The number of aryl methyl sites for hydroxylation is 3. The summed E-state index contributed by atoms with van der Waals surface area (Å²) in [6.07, 6.45) is 1.83. The van der Waals surface area contributed by atoms with Crippen molar-refractivity contribution < 1.29 is 0 Å². The molecule has 0 aliphatic rings. The van der Waals surface area contributed by atoms with Crippen LogP contribution in [0.15, 0.2) is 18.3 Å². The van der Waals surface area contributed by atoms with Crippen LogP contribution in [-0.2, 0) is 7.05 Å². The first-order valence-electron chi connectivity index (χ1n) is 5.36. The van der Waals surface area contributed by atoms with Crippen molar-refractivity contribution in [3.63, 3.8) is 0 Å². The average Bonchev–Trinajstić information content (AvgIpc) is 2.48. The lowest BCUT2D eigenvalue weighted by molar-refractivity contribution is 0.935. The van der Waals surface area contributed by atoms with Gasteiger partial charge < -0.3 is 10.3 Å². The zero-order valence-corrected chi connectivity index (χ0v) is 10.2. The summed E-state index contributed by atoms with van der Waals surface area (Å²) in [5, 5.41) is 0. The van der Waals surface area contributed by atoms with Crippen LogP contribution in [0, 0.1) is 20.8 Å². The lowest BCUT2D eigenvalue weighted by Crippen LogP contribution is -2.00. The number of benzene rings is 1. The van der Waals surface area contributed by atoms with Crippen LogP contribution in [0.5, 0.6) is 0 Å². The number of aromatic nitrogens is 2. The molecular formula is C13H17N3. The summed E-state index contributed by atoms with van der Waals surface area (Å²) in [7, 11) is 1.94. The Bertz CT molecular complexity index is 515. The second-order valence-corrected chi connectivity index (χ2v) is 4.33. The van der Waals surface area contributed by atoms with Crippen LogP contribution >= 0.6 is 0 Å². The highest BCUT2D eigenvalue weighted by molar-refractivity contribution is 5.69. The second kappa shape index (κ2) is 3.67. The lowest BCUT2D eigenvalue weighted by atomic mass is 9.98. The van der Waals surface area contributed by atoms with Crippen LogP contribution in [0.1, 0.15) is 16.7 Å². The van der Waals surface area contributed by atoms with Crippen LogP contribution in [0.3, 0.4) is 0 Å². The molecule has 0 spiro atoms. The number of hydrogen-bond acceptors (Lipinski definition) is 2. The molecule has 0 aliphatic heterocycles. The molecule has 0 aliphatic carbocycles. The number of imidazole rings is 1. The van der Waals surface area contributed by atoms with E-state index in [2.05, 4.69) is 37.9 Å². The zero-order valence-electron chi connectivity index (χ0n) is 10.2. The first kappa shape index (κ1) is 10.7. The average molecular weight is 215 g/mol. The van der Waals surface area contributed by atoms with Crippen molar-refractivity contribution in [2.75, 3.05) is 5.73 Å². The topological polar surface area (TPSA) is 43.8 Å². The Labute approximate surface area is 95.9 Å². The predicted octanol–water partition coefficient (Wildman–Crippen LogP) is 2.59. The van der Waals surface area contributed by atoms with E-state index in [1.165, 1.54) is 22.3 Å². The van der Waals surface area contributed by atoms with Gasteiger partial charge in [0.1, 0.15) is 0 Å². The van der Waals surface area contributed by atoms with Crippen LogP contribution in [-0.4, -0.2) is 9.55 Å². The van der Waals surface area contributed by atoms with E-state index in [0.717, 1.165) is 5.69 Å². The van der Waals surface area contributed by atoms with Gasteiger partial charge in [-0.1, -0.05) is 17.7 Å². The molecule has 1 heterocycles. The van der Waals surface area contributed by atoms with E-state index in [4.69, 9.17) is 5.73 Å². The molecule has 2 N–H and O–H groups in total. The Balaban J connectivity index is 2.69. The maximum absolute atomic E-state index is 5.76. The summed E-state index contributed by atoms with van der Waals surface area (Å²) >= 11 is 0. The van der Waals surface area contributed by atoms with Gasteiger partial charge in [-0.15, -0.1) is 0 Å². The van der Waals surface area contributed by atoms with Crippen LogP contribution in [0.2, 0.25) is 0 Å². The number of nitrogen functional groups attached to an aromatic ring is 1. The Morgan fingerprint density at radius 2 is 1.69 bits per heavy atom. The molecule has 1 aromatic heterocycles. The highest BCUT2D eigenvalue weighted by Gasteiger charge is 2.11. The summed E-state index contributed by atoms with van der Waals surface area (Å²) in [6.45, 7) is 6.36. The molecule has 0 radical (unpaired) electrons. The van der Waals surface area contributed by atoms with Crippen LogP contribution in [0.25, 0.3) is 11.3 Å². The van der Waals surface area contributed by atoms with E-state index in [9.17, 15) is 0 Å². The highest BCUT2D eigenvalue weighted by atomic mass is 15.1. The molecule has 0 fully saturated rings. The Kier molecular flexibility index (Phi) is 2.46. The van der Waals surface area contributed by atoms with Crippen molar-refractivity contribution >= 4 is 5.95 Å². The number of hydrogen-bond donors (Lipinski definition) is 1. The van der Waals surface area contributed by atoms with Gasteiger partial charge in [-0.3, -0.25) is 0 Å². The van der Waals surface area contributed by atoms with Gasteiger partial charge in [0.2, 0.25) is 0 Å². The maximum atomic E-state index is 5.76. The summed E-state index contributed by atoms with van der Waals surface area (Å²) in [4.78, 5) is 4.14.